The van der Waals surface area contributed by atoms with Crippen LogP contribution in [-0.4, -0.2) is 13.6 Å². The molecule has 0 spiro atoms. The van der Waals surface area contributed by atoms with E-state index >= 15 is 0 Å². The van der Waals surface area contributed by atoms with Gasteiger partial charge in [0, 0.05) is 6.54 Å². The Morgan fingerprint density at radius 2 is 1.94 bits per heavy atom. The van der Waals surface area contributed by atoms with E-state index in [1.54, 1.807) is 0 Å². The molecule has 1 N–H and O–H groups in total. The average molecular weight is 233 g/mol. The molecule has 0 unspecified atom stereocenters. The fraction of sp³-hybridized carbons (Fsp3) is 0.500. The molecule has 0 amide bonds. The minimum atomic E-state index is 0.951. The van der Waals surface area contributed by atoms with Crippen LogP contribution in [0.2, 0.25) is 0 Å². The van der Waals surface area contributed by atoms with Gasteiger partial charge in [-0.3, -0.25) is 0 Å². The molecule has 0 aliphatic carbocycles. The van der Waals surface area contributed by atoms with Crippen LogP contribution in [0.25, 0.3) is 0 Å². The molecule has 0 fully saturated rings. The summed E-state index contributed by atoms with van der Waals surface area (Å²) in [6, 6.07) is 0. The number of allylic oxidation sites excluding steroid dienone is 6. The zero-order chi connectivity index (χ0) is 13.1. The third-order valence-corrected chi connectivity index (χ3v) is 2.64. The van der Waals surface area contributed by atoms with Gasteiger partial charge in [0.1, 0.15) is 0 Å². The molecule has 1 heteroatoms. The molecule has 0 heterocycles. The summed E-state index contributed by atoms with van der Waals surface area (Å²) >= 11 is 0. The van der Waals surface area contributed by atoms with E-state index in [1.807, 2.05) is 13.1 Å². The Kier molecular flexibility index (Phi) is 9.46. The van der Waals surface area contributed by atoms with E-state index in [0.717, 1.165) is 13.0 Å². The number of hydrogen-bond donors (Lipinski definition) is 1. The maximum absolute atomic E-state index is 3.77. The zero-order valence-electron chi connectivity index (χ0n) is 11.8. The van der Waals surface area contributed by atoms with Gasteiger partial charge in [-0.15, -0.1) is 0 Å². The number of hydrogen-bond acceptors (Lipinski definition) is 1. The lowest BCUT2D eigenvalue weighted by atomic mass is 10.0. The summed E-state index contributed by atoms with van der Waals surface area (Å²) in [6.45, 7) is 11.2. The van der Waals surface area contributed by atoms with Crippen LogP contribution in [0.1, 0.15) is 40.0 Å². The van der Waals surface area contributed by atoms with Crippen molar-refractivity contribution in [1.82, 2.24) is 5.32 Å². The topological polar surface area (TPSA) is 12.0 Å². The fourth-order valence-corrected chi connectivity index (χ4v) is 1.58. The molecular formula is C16H27N. The van der Waals surface area contributed by atoms with Crippen LogP contribution in [0.5, 0.6) is 0 Å². The molecule has 17 heavy (non-hydrogen) atoms. The van der Waals surface area contributed by atoms with Crippen molar-refractivity contribution in [3.63, 3.8) is 0 Å². The molecule has 96 valence electrons. The van der Waals surface area contributed by atoms with Crippen molar-refractivity contribution < 1.29 is 0 Å². The second-order valence-electron chi connectivity index (χ2n) is 4.47. The van der Waals surface area contributed by atoms with Crippen LogP contribution < -0.4 is 5.32 Å². The highest BCUT2D eigenvalue weighted by atomic mass is 14.8. The second-order valence-corrected chi connectivity index (χ2v) is 4.47. The molecule has 0 bridgehead atoms. The van der Waals surface area contributed by atoms with Crippen LogP contribution >= 0.6 is 0 Å². The van der Waals surface area contributed by atoms with Crippen LogP contribution in [-0.2, 0) is 0 Å². The maximum atomic E-state index is 3.77. The molecular weight excluding hydrogens is 206 g/mol. The number of likely N-dealkylation sites (N-methyl/N-ethyl adjacent to an activating group) is 1. The largest absolute Gasteiger partial charge is 0.316 e. The van der Waals surface area contributed by atoms with E-state index in [4.69, 9.17) is 0 Å². The number of nitrogens with one attached hydrogen (secondary N) is 1. The van der Waals surface area contributed by atoms with Crippen LogP contribution in [0.4, 0.5) is 0 Å². The average Bonchev–Trinajstić information content (AvgIpc) is 2.33. The quantitative estimate of drug-likeness (QED) is 0.484. The molecule has 1 nitrogen and oxygen atoms in total. The van der Waals surface area contributed by atoms with Gasteiger partial charge >= 0.3 is 0 Å². The van der Waals surface area contributed by atoms with Gasteiger partial charge in [0.2, 0.25) is 0 Å². The standard InChI is InChI=1S/C16H27N/c1-6-8-16(10-9-14(3)7-2)13-15(4)11-12-17-5/h7,9-11,17H,2,6,8,12-13H2,1,3-5H3/b14-9-,15-11-,16-10?. The van der Waals surface area contributed by atoms with E-state index in [0.29, 0.717) is 0 Å². The van der Waals surface area contributed by atoms with Gasteiger partial charge in [-0.05, 0) is 33.7 Å². The first-order chi connectivity index (χ1) is 8.13. The monoisotopic (exact) mass is 233 g/mol. The predicted molar refractivity (Wildman–Crippen MR) is 79.2 cm³/mol. The first-order valence-corrected chi connectivity index (χ1v) is 6.43. The Hall–Kier alpha value is -1.08. The second kappa shape index (κ2) is 10.1. The van der Waals surface area contributed by atoms with Crippen molar-refractivity contribution in [3.05, 3.63) is 47.6 Å². The Balaban J connectivity index is 4.57. The van der Waals surface area contributed by atoms with Gasteiger partial charge in [-0.2, -0.15) is 0 Å². The van der Waals surface area contributed by atoms with Gasteiger partial charge < -0.3 is 5.32 Å². The molecule has 0 aromatic rings. The lowest BCUT2D eigenvalue weighted by molar-refractivity contribution is 0.856. The molecule has 0 aromatic carbocycles. The molecule has 0 aromatic heterocycles. The van der Waals surface area contributed by atoms with Crippen LogP contribution in [0.3, 0.4) is 0 Å². The molecule has 0 saturated carbocycles. The van der Waals surface area contributed by atoms with Crippen LogP contribution in [0.15, 0.2) is 47.6 Å². The van der Waals surface area contributed by atoms with Crippen molar-refractivity contribution in [3.8, 4) is 0 Å². The third kappa shape index (κ3) is 8.70. The molecule has 0 aliphatic rings. The highest BCUT2D eigenvalue weighted by molar-refractivity contribution is 5.25. The number of rotatable bonds is 8. The van der Waals surface area contributed by atoms with Crippen molar-refractivity contribution in [2.24, 2.45) is 0 Å². The summed E-state index contributed by atoms with van der Waals surface area (Å²) < 4.78 is 0. The normalized spacial score (nSPS) is 14.0. The van der Waals surface area contributed by atoms with Gasteiger partial charge in [-0.25, -0.2) is 0 Å². The van der Waals surface area contributed by atoms with Crippen molar-refractivity contribution in [1.29, 1.82) is 0 Å². The van der Waals surface area contributed by atoms with E-state index < -0.39 is 0 Å². The van der Waals surface area contributed by atoms with E-state index in [9.17, 15) is 0 Å². The Morgan fingerprint density at radius 1 is 1.24 bits per heavy atom. The summed E-state index contributed by atoms with van der Waals surface area (Å²) in [7, 11) is 1.97. The third-order valence-electron chi connectivity index (χ3n) is 2.64. The minimum absolute atomic E-state index is 0.951. The van der Waals surface area contributed by atoms with Gasteiger partial charge in [-0.1, -0.05) is 60.9 Å². The first kappa shape index (κ1) is 15.9. The highest BCUT2D eigenvalue weighted by Gasteiger charge is 1.97. The Bertz CT molecular complexity index is 305. The lowest BCUT2D eigenvalue weighted by Crippen LogP contribution is -2.05. The molecule has 0 aliphatic heterocycles. The lowest BCUT2D eigenvalue weighted by Gasteiger charge is -2.06. The van der Waals surface area contributed by atoms with Crippen LogP contribution in [0, 0.1) is 0 Å². The molecule has 0 atom stereocenters. The van der Waals surface area contributed by atoms with Gasteiger partial charge in [0.25, 0.3) is 0 Å². The van der Waals surface area contributed by atoms with Gasteiger partial charge in [0.05, 0.1) is 0 Å². The smallest absolute Gasteiger partial charge is 0.0134 e. The summed E-state index contributed by atoms with van der Waals surface area (Å²) in [5.74, 6) is 0. The summed E-state index contributed by atoms with van der Waals surface area (Å²) in [5.41, 5.74) is 4.15. The van der Waals surface area contributed by atoms with Gasteiger partial charge in [0.15, 0.2) is 0 Å². The Morgan fingerprint density at radius 3 is 2.47 bits per heavy atom. The van der Waals surface area contributed by atoms with E-state index in [-0.39, 0.29) is 0 Å². The summed E-state index contributed by atoms with van der Waals surface area (Å²) in [6.07, 6.45) is 12.0. The minimum Gasteiger partial charge on any atom is -0.316 e. The molecule has 0 saturated heterocycles. The highest BCUT2D eigenvalue weighted by Crippen LogP contribution is 2.16. The maximum Gasteiger partial charge on any atom is 0.0134 e. The first-order valence-electron chi connectivity index (χ1n) is 6.43. The van der Waals surface area contributed by atoms with Crippen molar-refractivity contribution in [2.75, 3.05) is 13.6 Å². The van der Waals surface area contributed by atoms with E-state index in [1.165, 1.54) is 29.6 Å². The summed E-state index contributed by atoms with van der Waals surface area (Å²) in [4.78, 5) is 0. The van der Waals surface area contributed by atoms with E-state index in [2.05, 4.69) is 50.9 Å². The van der Waals surface area contributed by atoms with Crippen molar-refractivity contribution in [2.45, 2.75) is 40.0 Å². The fourth-order valence-electron chi connectivity index (χ4n) is 1.58. The summed E-state index contributed by atoms with van der Waals surface area (Å²) in [5, 5.41) is 3.14. The molecule has 0 rings (SSSR count). The molecule has 0 radical (unpaired) electrons. The van der Waals surface area contributed by atoms with Crippen molar-refractivity contribution >= 4 is 0 Å². The SMILES string of the molecule is C=C/C(C)=C\C=C(CCC)C/C(C)=C\CNC. The predicted octanol–water partition coefficient (Wildman–Crippen LogP) is 4.40. The Labute approximate surface area is 107 Å². The zero-order valence-corrected chi connectivity index (χ0v) is 11.8.